The smallest absolute Gasteiger partial charge is 0.318 e. The number of carbonyl (C=O) groups is 2. The molecular formula is C19H25N3O2. The maximum absolute atomic E-state index is 11.9. The van der Waals surface area contributed by atoms with Gasteiger partial charge in [0.05, 0.1) is 0 Å². The summed E-state index contributed by atoms with van der Waals surface area (Å²) in [4.78, 5) is 23.8. The highest BCUT2D eigenvalue weighted by Crippen LogP contribution is 2.39. The third-order valence-corrected chi connectivity index (χ3v) is 5.20. The molecule has 24 heavy (non-hydrogen) atoms. The van der Waals surface area contributed by atoms with Crippen molar-refractivity contribution in [3.05, 3.63) is 29.8 Å². The zero-order chi connectivity index (χ0) is 16.9. The van der Waals surface area contributed by atoms with Gasteiger partial charge in [0.2, 0.25) is 0 Å². The Balaban J connectivity index is 1.50. The normalized spacial score (nSPS) is 25.0. The number of hydrogen-bond acceptors (Lipinski definition) is 3. The highest BCUT2D eigenvalue weighted by molar-refractivity contribution is 6.39. The lowest BCUT2D eigenvalue weighted by molar-refractivity contribution is -0.136. The van der Waals surface area contributed by atoms with E-state index in [1.165, 1.54) is 25.7 Å². The summed E-state index contributed by atoms with van der Waals surface area (Å²) >= 11 is 0. The number of hydrazone groups is 1. The molecule has 3 rings (SSSR count). The third-order valence-electron chi connectivity index (χ3n) is 5.20. The molecule has 1 aromatic carbocycles. The van der Waals surface area contributed by atoms with E-state index in [9.17, 15) is 9.59 Å². The fourth-order valence-corrected chi connectivity index (χ4v) is 3.80. The van der Waals surface area contributed by atoms with Crippen molar-refractivity contribution >= 4 is 23.2 Å². The standard InChI is InChI=1S/C19H25N3O2/c1-13-6-9-16(10-7-13)20-18(23)19(24)22-21-17-11-8-14-4-2-3-5-15(14)12-17/h6-7,9-10,14-15H,2-5,8,11-12H2,1H3,(H,20,23)(H,22,24)/b21-17-/t14-,15+/m1/s1. The van der Waals surface area contributed by atoms with Gasteiger partial charge in [0.25, 0.3) is 0 Å². The molecule has 0 spiro atoms. The molecule has 2 aliphatic rings. The minimum Gasteiger partial charge on any atom is -0.318 e. The molecule has 0 aromatic heterocycles. The van der Waals surface area contributed by atoms with E-state index in [1.54, 1.807) is 12.1 Å². The Bertz CT molecular complexity index is 637. The summed E-state index contributed by atoms with van der Waals surface area (Å²) in [5.74, 6) is 0.145. The van der Waals surface area contributed by atoms with Crippen molar-refractivity contribution in [2.75, 3.05) is 5.32 Å². The van der Waals surface area contributed by atoms with Crippen LogP contribution in [0.5, 0.6) is 0 Å². The van der Waals surface area contributed by atoms with Crippen molar-refractivity contribution in [1.82, 2.24) is 5.43 Å². The molecule has 0 saturated heterocycles. The Labute approximate surface area is 142 Å². The van der Waals surface area contributed by atoms with Crippen LogP contribution in [0, 0.1) is 18.8 Å². The average Bonchev–Trinajstić information content (AvgIpc) is 2.61. The Hall–Kier alpha value is -2.17. The van der Waals surface area contributed by atoms with Crippen LogP contribution in [0.2, 0.25) is 0 Å². The van der Waals surface area contributed by atoms with E-state index in [4.69, 9.17) is 0 Å². The van der Waals surface area contributed by atoms with Crippen LogP contribution in [-0.4, -0.2) is 17.5 Å². The number of hydrogen-bond donors (Lipinski definition) is 2. The van der Waals surface area contributed by atoms with E-state index >= 15 is 0 Å². The van der Waals surface area contributed by atoms with Gasteiger partial charge in [-0.05, 0) is 56.6 Å². The molecule has 2 fully saturated rings. The number of nitrogens with one attached hydrogen (secondary N) is 2. The molecule has 2 atom stereocenters. The number of aryl methyl sites for hydroxylation is 1. The number of rotatable bonds is 2. The van der Waals surface area contributed by atoms with E-state index in [1.807, 2.05) is 19.1 Å². The molecule has 5 heteroatoms. The Morgan fingerprint density at radius 2 is 1.71 bits per heavy atom. The van der Waals surface area contributed by atoms with Gasteiger partial charge < -0.3 is 5.32 Å². The Morgan fingerprint density at radius 3 is 2.46 bits per heavy atom. The van der Waals surface area contributed by atoms with Gasteiger partial charge in [-0.25, -0.2) is 5.43 Å². The van der Waals surface area contributed by atoms with E-state index < -0.39 is 11.8 Å². The second-order valence-electron chi connectivity index (χ2n) is 6.99. The maximum atomic E-state index is 11.9. The first-order valence-electron chi connectivity index (χ1n) is 8.85. The molecule has 5 nitrogen and oxygen atoms in total. The molecule has 0 unspecified atom stereocenters. The maximum Gasteiger partial charge on any atom is 0.329 e. The molecule has 0 heterocycles. The van der Waals surface area contributed by atoms with Gasteiger partial charge >= 0.3 is 11.8 Å². The van der Waals surface area contributed by atoms with Crippen LogP contribution in [0.15, 0.2) is 29.4 Å². The Kier molecular flexibility index (Phi) is 5.28. The topological polar surface area (TPSA) is 70.6 Å². The number of nitrogens with zero attached hydrogens (tertiary/aromatic N) is 1. The molecule has 0 aliphatic heterocycles. The van der Waals surface area contributed by atoms with Gasteiger partial charge in [-0.1, -0.05) is 37.0 Å². The molecule has 2 saturated carbocycles. The van der Waals surface area contributed by atoms with Gasteiger partial charge in [-0.2, -0.15) is 5.10 Å². The lowest BCUT2D eigenvalue weighted by Crippen LogP contribution is -2.34. The average molecular weight is 327 g/mol. The van der Waals surface area contributed by atoms with Crippen LogP contribution in [0.1, 0.15) is 50.5 Å². The second kappa shape index (κ2) is 7.60. The minimum atomic E-state index is -0.714. The molecule has 128 valence electrons. The second-order valence-corrected chi connectivity index (χ2v) is 6.99. The van der Waals surface area contributed by atoms with Crippen LogP contribution in [0.4, 0.5) is 5.69 Å². The molecule has 2 N–H and O–H groups in total. The van der Waals surface area contributed by atoms with Crippen molar-refractivity contribution in [2.24, 2.45) is 16.9 Å². The highest BCUT2D eigenvalue weighted by Gasteiger charge is 2.30. The summed E-state index contributed by atoms with van der Waals surface area (Å²) in [7, 11) is 0. The predicted octanol–water partition coefficient (Wildman–Crippen LogP) is 3.40. The number of anilines is 1. The van der Waals surface area contributed by atoms with Crippen molar-refractivity contribution in [3.63, 3.8) is 0 Å². The molecule has 0 bridgehead atoms. The molecule has 1 aromatic rings. The van der Waals surface area contributed by atoms with Crippen LogP contribution in [-0.2, 0) is 9.59 Å². The van der Waals surface area contributed by atoms with E-state index in [0.29, 0.717) is 11.6 Å². The summed E-state index contributed by atoms with van der Waals surface area (Å²) in [5.41, 5.74) is 5.15. The van der Waals surface area contributed by atoms with Gasteiger partial charge in [0.15, 0.2) is 0 Å². The summed E-state index contributed by atoms with van der Waals surface area (Å²) in [5, 5.41) is 6.79. The molecular weight excluding hydrogens is 302 g/mol. The number of carbonyl (C=O) groups excluding carboxylic acids is 2. The fraction of sp³-hybridized carbons (Fsp3) is 0.526. The SMILES string of the molecule is Cc1ccc(NC(=O)C(=O)N/N=C2/CC[C@H]3CCCC[C@H]3C2)cc1. The molecule has 0 radical (unpaired) electrons. The van der Waals surface area contributed by atoms with Gasteiger partial charge in [-0.15, -0.1) is 0 Å². The third kappa shape index (κ3) is 4.22. The van der Waals surface area contributed by atoms with Crippen LogP contribution in [0.25, 0.3) is 0 Å². The summed E-state index contributed by atoms with van der Waals surface area (Å²) in [6.07, 6.45) is 8.32. The van der Waals surface area contributed by atoms with E-state index in [0.717, 1.165) is 36.5 Å². The molecule has 2 amide bonds. The number of fused-ring (bicyclic) bond motifs is 1. The molecule has 2 aliphatic carbocycles. The van der Waals surface area contributed by atoms with Gasteiger partial charge in [-0.3, -0.25) is 9.59 Å². The van der Waals surface area contributed by atoms with Crippen molar-refractivity contribution in [3.8, 4) is 0 Å². The van der Waals surface area contributed by atoms with Crippen LogP contribution < -0.4 is 10.7 Å². The monoisotopic (exact) mass is 327 g/mol. The zero-order valence-corrected chi connectivity index (χ0v) is 14.2. The zero-order valence-electron chi connectivity index (χ0n) is 14.2. The van der Waals surface area contributed by atoms with E-state index in [-0.39, 0.29) is 0 Å². The van der Waals surface area contributed by atoms with Crippen LogP contribution in [0.3, 0.4) is 0 Å². The van der Waals surface area contributed by atoms with Crippen molar-refractivity contribution < 1.29 is 9.59 Å². The highest BCUT2D eigenvalue weighted by atomic mass is 16.2. The first-order chi connectivity index (χ1) is 11.6. The number of benzene rings is 1. The summed E-state index contributed by atoms with van der Waals surface area (Å²) in [6.45, 7) is 1.97. The van der Waals surface area contributed by atoms with E-state index in [2.05, 4.69) is 15.8 Å². The van der Waals surface area contributed by atoms with Gasteiger partial charge in [0, 0.05) is 11.4 Å². The predicted molar refractivity (Wildman–Crippen MR) is 94.7 cm³/mol. The van der Waals surface area contributed by atoms with Crippen LogP contribution >= 0.6 is 0 Å². The Morgan fingerprint density at radius 1 is 1.00 bits per heavy atom. The quantitative estimate of drug-likeness (QED) is 0.645. The first kappa shape index (κ1) is 16.7. The van der Waals surface area contributed by atoms with Crippen molar-refractivity contribution in [1.29, 1.82) is 0 Å². The largest absolute Gasteiger partial charge is 0.329 e. The van der Waals surface area contributed by atoms with Gasteiger partial charge in [0.1, 0.15) is 0 Å². The first-order valence-corrected chi connectivity index (χ1v) is 8.85. The summed E-state index contributed by atoms with van der Waals surface area (Å²) < 4.78 is 0. The fourth-order valence-electron chi connectivity index (χ4n) is 3.80. The lowest BCUT2D eigenvalue weighted by Gasteiger charge is -2.35. The minimum absolute atomic E-state index is 0.608. The number of amides is 2. The van der Waals surface area contributed by atoms with Crippen molar-refractivity contribution in [2.45, 2.75) is 51.9 Å². The lowest BCUT2D eigenvalue weighted by atomic mass is 9.70. The summed E-state index contributed by atoms with van der Waals surface area (Å²) in [6, 6.07) is 7.32.